The van der Waals surface area contributed by atoms with Gasteiger partial charge in [0.25, 0.3) is 0 Å². The zero-order valence-corrected chi connectivity index (χ0v) is 12.1. The topological polar surface area (TPSA) is 50.1 Å². The van der Waals surface area contributed by atoms with E-state index in [0.717, 1.165) is 5.56 Å². The van der Waals surface area contributed by atoms with Crippen LogP contribution in [0.1, 0.15) is 5.56 Å². The van der Waals surface area contributed by atoms with Gasteiger partial charge >= 0.3 is 0 Å². The fourth-order valence-electron chi connectivity index (χ4n) is 1.75. The summed E-state index contributed by atoms with van der Waals surface area (Å²) in [6.45, 7) is 2.62. The Morgan fingerprint density at radius 2 is 2.32 bits per heavy atom. The maximum absolute atomic E-state index is 13.4. The molecule has 0 saturated carbocycles. The second kappa shape index (κ2) is 6.16. The fraction of sp³-hybridized carbons (Fsp3) is 0.308. The van der Waals surface area contributed by atoms with E-state index in [2.05, 4.69) is 26.3 Å². The van der Waals surface area contributed by atoms with E-state index >= 15 is 0 Å². The van der Waals surface area contributed by atoms with Crippen LogP contribution in [0.15, 0.2) is 35.1 Å². The highest BCUT2D eigenvalue weighted by atomic mass is 79.9. The molecule has 1 heterocycles. The molecule has 0 amide bonds. The van der Waals surface area contributed by atoms with Gasteiger partial charge in [-0.15, -0.1) is 0 Å². The number of benzene rings is 1. The van der Waals surface area contributed by atoms with Gasteiger partial charge in [-0.1, -0.05) is 0 Å². The van der Waals surface area contributed by atoms with E-state index in [1.54, 1.807) is 29.2 Å². The highest BCUT2D eigenvalue weighted by molar-refractivity contribution is 9.10. The number of aryl methyl sites for hydroxylation is 1. The predicted octanol–water partition coefficient (Wildman–Crippen LogP) is 2.57. The van der Waals surface area contributed by atoms with Crippen LogP contribution >= 0.6 is 15.9 Å². The third-order valence-electron chi connectivity index (χ3n) is 2.75. The van der Waals surface area contributed by atoms with Gasteiger partial charge in [0.05, 0.1) is 17.1 Å². The molecular formula is C13H15BrFN3O. The second-order valence-electron chi connectivity index (χ2n) is 4.34. The molecule has 1 aromatic carbocycles. The Morgan fingerprint density at radius 3 is 3.00 bits per heavy atom. The van der Waals surface area contributed by atoms with Crippen LogP contribution in [0.4, 0.5) is 10.1 Å². The SMILES string of the molecule is Cc1cc(Br)c(F)cc1NCC(O)Cn1cccn1. The third-order valence-corrected chi connectivity index (χ3v) is 3.36. The molecule has 0 fully saturated rings. The average Bonchev–Trinajstić information content (AvgIpc) is 2.85. The van der Waals surface area contributed by atoms with Crippen LogP contribution in [0, 0.1) is 12.7 Å². The Labute approximate surface area is 119 Å². The third kappa shape index (κ3) is 3.78. The van der Waals surface area contributed by atoms with E-state index in [0.29, 0.717) is 23.2 Å². The summed E-state index contributed by atoms with van der Waals surface area (Å²) >= 11 is 3.14. The molecule has 6 heteroatoms. The molecule has 0 spiro atoms. The lowest BCUT2D eigenvalue weighted by Crippen LogP contribution is -2.25. The molecule has 102 valence electrons. The number of hydrogen-bond donors (Lipinski definition) is 2. The molecule has 0 aliphatic rings. The number of halogens is 2. The maximum Gasteiger partial charge on any atom is 0.139 e. The number of aromatic nitrogens is 2. The number of anilines is 1. The molecule has 4 nitrogen and oxygen atoms in total. The van der Waals surface area contributed by atoms with Crippen molar-refractivity contribution in [3.8, 4) is 0 Å². The van der Waals surface area contributed by atoms with Crippen LogP contribution < -0.4 is 5.32 Å². The van der Waals surface area contributed by atoms with Gasteiger partial charge in [-0.3, -0.25) is 4.68 Å². The smallest absolute Gasteiger partial charge is 0.139 e. The van der Waals surface area contributed by atoms with Gasteiger partial charge in [0.2, 0.25) is 0 Å². The quantitative estimate of drug-likeness (QED) is 0.887. The number of hydrogen-bond acceptors (Lipinski definition) is 3. The summed E-state index contributed by atoms with van der Waals surface area (Å²) in [5.41, 5.74) is 1.60. The monoisotopic (exact) mass is 327 g/mol. The minimum Gasteiger partial charge on any atom is -0.389 e. The average molecular weight is 328 g/mol. The van der Waals surface area contributed by atoms with E-state index in [-0.39, 0.29) is 5.82 Å². The molecule has 19 heavy (non-hydrogen) atoms. The summed E-state index contributed by atoms with van der Waals surface area (Å²) in [6.07, 6.45) is 2.85. The summed E-state index contributed by atoms with van der Waals surface area (Å²) in [5, 5.41) is 16.9. The molecule has 1 aromatic heterocycles. The lowest BCUT2D eigenvalue weighted by molar-refractivity contribution is 0.161. The number of nitrogens with one attached hydrogen (secondary N) is 1. The molecule has 0 radical (unpaired) electrons. The molecule has 0 bridgehead atoms. The molecule has 2 N–H and O–H groups in total. The first-order valence-electron chi connectivity index (χ1n) is 5.91. The predicted molar refractivity (Wildman–Crippen MR) is 75.6 cm³/mol. The van der Waals surface area contributed by atoms with Gasteiger partial charge in [-0.2, -0.15) is 5.10 Å². The minimum absolute atomic E-state index is 0.324. The van der Waals surface area contributed by atoms with Crippen molar-refractivity contribution in [1.82, 2.24) is 9.78 Å². The molecule has 0 aliphatic heterocycles. The molecule has 1 unspecified atom stereocenters. The molecule has 2 aromatic rings. The first kappa shape index (κ1) is 14.0. The maximum atomic E-state index is 13.4. The number of nitrogens with zero attached hydrogens (tertiary/aromatic N) is 2. The van der Waals surface area contributed by atoms with E-state index in [4.69, 9.17) is 0 Å². The van der Waals surface area contributed by atoms with Crippen molar-refractivity contribution < 1.29 is 9.50 Å². The summed E-state index contributed by atoms with van der Waals surface area (Å²) < 4.78 is 15.5. The number of aliphatic hydroxyl groups is 1. The minimum atomic E-state index is -0.592. The van der Waals surface area contributed by atoms with Crippen LogP contribution in [0.2, 0.25) is 0 Å². The van der Waals surface area contributed by atoms with Gasteiger partial charge in [-0.05, 0) is 46.6 Å². The zero-order chi connectivity index (χ0) is 13.8. The van der Waals surface area contributed by atoms with Gasteiger partial charge in [-0.25, -0.2) is 4.39 Å². The van der Waals surface area contributed by atoms with Crippen LogP contribution in [0.25, 0.3) is 0 Å². The summed E-state index contributed by atoms with van der Waals surface area (Å²) in [6, 6.07) is 4.92. The van der Waals surface area contributed by atoms with Gasteiger partial charge in [0.1, 0.15) is 5.82 Å². The summed E-state index contributed by atoms with van der Waals surface area (Å²) in [7, 11) is 0. The Morgan fingerprint density at radius 1 is 1.53 bits per heavy atom. The second-order valence-corrected chi connectivity index (χ2v) is 5.20. The lowest BCUT2D eigenvalue weighted by Gasteiger charge is -2.15. The normalized spacial score (nSPS) is 12.4. The first-order valence-corrected chi connectivity index (χ1v) is 6.70. The Bertz CT molecular complexity index is 545. The van der Waals surface area contributed by atoms with Gasteiger partial charge < -0.3 is 10.4 Å². The van der Waals surface area contributed by atoms with E-state index in [1.165, 1.54) is 6.07 Å². The van der Waals surface area contributed by atoms with E-state index in [1.807, 2.05) is 6.92 Å². The molecule has 2 rings (SSSR count). The Balaban J connectivity index is 1.93. The Hall–Kier alpha value is -1.40. The molecular weight excluding hydrogens is 313 g/mol. The van der Waals surface area contributed by atoms with Crippen molar-refractivity contribution in [3.63, 3.8) is 0 Å². The van der Waals surface area contributed by atoms with Gasteiger partial charge in [0.15, 0.2) is 0 Å². The van der Waals surface area contributed by atoms with E-state index < -0.39 is 6.10 Å². The largest absolute Gasteiger partial charge is 0.389 e. The van der Waals surface area contributed by atoms with Crippen molar-refractivity contribution in [1.29, 1.82) is 0 Å². The van der Waals surface area contributed by atoms with Crippen LogP contribution in [0.5, 0.6) is 0 Å². The van der Waals surface area contributed by atoms with Gasteiger partial charge in [0, 0.05) is 24.6 Å². The van der Waals surface area contributed by atoms with E-state index in [9.17, 15) is 9.50 Å². The highest BCUT2D eigenvalue weighted by Crippen LogP contribution is 2.23. The first-order chi connectivity index (χ1) is 9.06. The number of rotatable bonds is 5. The Kier molecular flexibility index (Phi) is 4.55. The van der Waals surface area contributed by atoms with Crippen LogP contribution in [-0.4, -0.2) is 27.5 Å². The van der Waals surface area contributed by atoms with Crippen molar-refractivity contribution >= 4 is 21.6 Å². The van der Waals surface area contributed by atoms with Crippen molar-refractivity contribution in [2.75, 3.05) is 11.9 Å². The van der Waals surface area contributed by atoms with Crippen LogP contribution in [0.3, 0.4) is 0 Å². The standard InChI is InChI=1S/C13H15BrFN3O/c1-9-5-11(14)12(15)6-13(9)16-7-10(19)8-18-4-2-3-17-18/h2-6,10,16,19H,7-8H2,1H3. The lowest BCUT2D eigenvalue weighted by atomic mass is 10.2. The summed E-state index contributed by atoms with van der Waals surface area (Å²) in [4.78, 5) is 0. The summed E-state index contributed by atoms with van der Waals surface area (Å²) in [5.74, 6) is -0.324. The van der Waals surface area contributed by atoms with Crippen molar-refractivity contribution in [3.05, 3.63) is 46.4 Å². The highest BCUT2D eigenvalue weighted by Gasteiger charge is 2.08. The van der Waals surface area contributed by atoms with Crippen molar-refractivity contribution in [2.45, 2.75) is 19.6 Å². The molecule has 1 atom stereocenters. The fourth-order valence-corrected chi connectivity index (χ4v) is 2.21. The molecule has 0 saturated heterocycles. The number of aliphatic hydroxyl groups excluding tert-OH is 1. The van der Waals surface area contributed by atoms with Crippen molar-refractivity contribution in [2.24, 2.45) is 0 Å². The zero-order valence-electron chi connectivity index (χ0n) is 10.5. The molecule has 0 aliphatic carbocycles. The van der Waals surface area contributed by atoms with Crippen LogP contribution in [-0.2, 0) is 6.54 Å².